The van der Waals surface area contributed by atoms with Crippen LogP contribution in [0.2, 0.25) is 0 Å². The van der Waals surface area contributed by atoms with E-state index in [9.17, 15) is 5.11 Å². The molecule has 62 valence electrons. The maximum Gasteiger partial charge on any atom is 0.231 e. The Morgan fingerprint density at radius 3 is 3.00 bits per heavy atom. The highest BCUT2D eigenvalue weighted by Gasteiger charge is 2.18. The Morgan fingerprint density at radius 1 is 1.42 bits per heavy atom. The zero-order valence-corrected chi connectivity index (χ0v) is 6.20. The lowest BCUT2D eigenvalue weighted by atomic mass is 10.2. The van der Waals surface area contributed by atoms with Gasteiger partial charge in [0.15, 0.2) is 11.5 Å². The molecule has 0 aromatic heterocycles. The highest BCUT2D eigenvalue weighted by Crippen LogP contribution is 2.38. The van der Waals surface area contributed by atoms with Gasteiger partial charge in [0.2, 0.25) is 6.79 Å². The van der Waals surface area contributed by atoms with Crippen LogP contribution in [0, 0.1) is 5.41 Å². The first kappa shape index (κ1) is 6.97. The Kier molecular flexibility index (Phi) is 1.40. The highest BCUT2D eigenvalue weighted by atomic mass is 16.7. The number of hydrogen-bond donors (Lipinski definition) is 2. The molecule has 0 atom stereocenters. The van der Waals surface area contributed by atoms with Crippen LogP contribution < -0.4 is 9.47 Å². The predicted octanol–water partition coefficient (Wildman–Crippen LogP) is 1.12. The van der Waals surface area contributed by atoms with Gasteiger partial charge >= 0.3 is 0 Å². The van der Waals surface area contributed by atoms with Crippen LogP contribution in [0.4, 0.5) is 0 Å². The van der Waals surface area contributed by atoms with Gasteiger partial charge in [-0.15, -0.1) is 0 Å². The fourth-order valence-electron chi connectivity index (χ4n) is 1.12. The zero-order chi connectivity index (χ0) is 8.55. The summed E-state index contributed by atoms with van der Waals surface area (Å²) in [5, 5.41) is 16.3. The normalized spacial score (nSPS) is 13.0. The first-order chi connectivity index (χ1) is 5.83. The number of rotatable bonds is 1. The lowest BCUT2D eigenvalue weighted by molar-refractivity contribution is 0.173. The van der Waals surface area contributed by atoms with Crippen molar-refractivity contribution in [3.63, 3.8) is 0 Å². The number of benzene rings is 1. The van der Waals surface area contributed by atoms with Gasteiger partial charge in [0, 0.05) is 6.21 Å². The van der Waals surface area contributed by atoms with Crippen LogP contribution in [0.3, 0.4) is 0 Å². The Morgan fingerprint density at radius 2 is 2.25 bits per heavy atom. The van der Waals surface area contributed by atoms with Crippen molar-refractivity contribution in [2.45, 2.75) is 0 Å². The Bertz CT molecular complexity index is 335. The number of phenolic OH excluding ortho intramolecular Hbond substituents is 1. The van der Waals surface area contributed by atoms with Crippen molar-refractivity contribution in [1.29, 1.82) is 5.41 Å². The molecule has 2 N–H and O–H groups in total. The molecule has 0 spiro atoms. The van der Waals surface area contributed by atoms with E-state index in [2.05, 4.69) is 0 Å². The molecule has 1 aliphatic heterocycles. The van der Waals surface area contributed by atoms with Crippen molar-refractivity contribution < 1.29 is 14.6 Å². The van der Waals surface area contributed by atoms with E-state index in [1.807, 2.05) is 0 Å². The second kappa shape index (κ2) is 2.41. The molecule has 0 aliphatic carbocycles. The minimum absolute atomic E-state index is 0.0363. The third kappa shape index (κ3) is 0.812. The monoisotopic (exact) mass is 165 g/mol. The van der Waals surface area contributed by atoms with Crippen molar-refractivity contribution >= 4 is 6.21 Å². The number of aromatic hydroxyl groups is 1. The smallest absolute Gasteiger partial charge is 0.231 e. The molecule has 4 heteroatoms. The summed E-state index contributed by atoms with van der Waals surface area (Å²) >= 11 is 0. The van der Waals surface area contributed by atoms with Crippen LogP contribution in [-0.4, -0.2) is 18.1 Å². The van der Waals surface area contributed by atoms with Crippen LogP contribution in [0.5, 0.6) is 17.2 Å². The van der Waals surface area contributed by atoms with Gasteiger partial charge in [0.25, 0.3) is 0 Å². The van der Waals surface area contributed by atoms with E-state index in [4.69, 9.17) is 14.9 Å². The summed E-state index contributed by atoms with van der Waals surface area (Å²) in [6.45, 7) is 0.152. The van der Waals surface area contributed by atoms with E-state index in [-0.39, 0.29) is 12.5 Å². The molecule has 0 amide bonds. The first-order valence-corrected chi connectivity index (χ1v) is 3.45. The van der Waals surface area contributed by atoms with Gasteiger partial charge < -0.3 is 20.0 Å². The van der Waals surface area contributed by atoms with Crippen molar-refractivity contribution in [1.82, 2.24) is 0 Å². The Balaban J connectivity index is 2.65. The predicted molar refractivity (Wildman–Crippen MR) is 42.1 cm³/mol. The SMILES string of the molecule is N=Cc1c(O)ccc2c1OCO2. The fraction of sp³-hybridized carbons (Fsp3) is 0.125. The second-order valence-electron chi connectivity index (χ2n) is 2.38. The van der Waals surface area contributed by atoms with E-state index >= 15 is 0 Å². The van der Waals surface area contributed by atoms with Gasteiger partial charge in [-0.25, -0.2) is 0 Å². The molecule has 0 radical (unpaired) electrons. The fourth-order valence-corrected chi connectivity index (χ4v) is 1.12. The van der Waals surface area contributed by atoms with Gasteiger partial charge in [0.1, 0.15) is 5.75 Å². The molecule has 1 aromatic carbocycles. The van der Waals surface area contributed by atoms with Gasteiger partial charge in [-0.2, -0.15) is 0 Å². The molecular formula is C8H7NO3. The number of fused-ring (bicyclic) bond motifs is 1. The van der Waals surface area contributed by atoms with Crippen LogP contribution in [0.1, 0.15) is 5.56 Å². The standard InChI is InChI=1S/C8H7NO3/c9-3-5-6(10)1-2-7-8(5)12-4-11-7/h1-3,9-10H,4H2. The van der Waals surface area contributed by atoms with Gasteiger partial charge in [-0.1, -0.05) is 0 Å². The van der Waals surface area contributed by atoms with Gasteiger partial charge in [-0.05, 0) is 12.1 Å². The average Bonchev–Trinajstić information content (AvgIpc) is 2.52. The van der Waals surface area contributed by atoms with Gasteiger partial charge in [-0.3, -0.25) is 0 Å². The third-order valence-corrected chi connectivity index (χ3v) is 1.70. The largest absolute Gasteiger partial charge is 0.507 e. The quantitative estimate of drug-likeness (QED) is 0.613. The number of nitrogens with one attached hydrogen (secondary N) is 1. The molecule has 1 aliphatic rings. The molecular weight excluding hydrogens is 158 g/mol. The lowest BCUT2D eigenvalue weighted by Crippen LogP contribution is -1.94. The summed E-state index contributed by atoms with van der Waals surface area (Å²) in [5.41, 5.74) is 0.366. The summed E-state index contributed by atoms with van der Waals surface area (Å²) < 4.78 is 10.1. The molecule has 2 rings (SSSR count). The van der Waals surface area contributed by atoms with Crippen molar-refractivity contribution in [2.75, 3.05) is 6.79 Å². The minimum Gasteiger partial charge on any atom is -0.507 e. The topological polar surface area (TPSA) is 62.5 Å². The summed E-state index contributed by atoms with van der Waals surface area (Å²) in [7, 11) is 0. The molecule has 0 unspecified atom stereocenters. The van der Waals surface area contributed by atoms with Crippen molar-refractivity contribution in [2.24, 2.45) is 0 Å². The maximum absolute atomic E-state index is 9.29. The number of ether oxygens (including phenoxy) is 2. The molecule has 0 saturated carbocycles. The molecule has 4 nitrogen and oxygen atoms in total. The molecule has 1 aromatic rings. The highest BCUT2D eigenvalue weighted by molar-refractivity contribution is 5.87. The molecule has 0 bridgehead atoms. The van der Waals surface area contributed by atoms with Crippen LogP contribution >= 0.6 is 0 Å². The Hall–Kier alpha value is -1.71. The van der Waals surface area contributed by atoms with E-state index in [1.165, 1.54) is 6.07 Å². The zero-order valence-electron chi connectivity index (χ0n) is 6.20. The lowest BCUT2D eigenvalue weighted by Gasteiger charge is -2.01. The van der Waals surface area contributed by atoms with Gasteiger partial charge in [0.05, 0.1) is 5.56 Å². The van der Waals surface area contributed by atoms with Crippen LogP contribution in [-0.2, 0) is 0 Å². The van der Waals surface area contributed by atoms with Crippen LogP contribution in [0.25, 0.3) is 0 Å². The summed E-state index contributed by atoms with van der Waals surface area (Å²) in [6.07, 6.45) is 1.04. The second-order valence-corrected chi connectivity index (χ2v) is 2.38. The molecule has 1 heterocycles. The summed E-state index contributed by atoms with van der Waals surface area (Å²) in [6, 6.07) is 3.10. The van der Waals surface area contributed by atoms with E-state index in [1.54, 1.807) is 6.07 Å². The van der Waals surface area contributed by atoms with E-state index in [0.29, 0.717) is 17.1 Å². The molecule has 0 fully saturated rings. The Labute approximate surface area is 68.9 Å². The van der Waals surface area contributed by atoms with E-state index in [0.717, 1.165) is 6.21 Å². The molecule has 12 heavy (non-hydrogen) atoms. The average molecular weight is 165 g/mol. The summed E-state index contributed by atoms with van der Waals surface area (Å²) in [4.78, 5) is 0. The first-order valence-electron chi connectivity index (χ1n) is 3.45. The number of phenols is 1. The third-order valence-electron chi connectivity index (χ3n) is 1.70. The van der Waals surface area contributed by atoms with E-state index < -0.39 is 0 Å². The van der Waals surface area contributed by atoms with Crippen molar-refractivity contribution in [3.8, 4) is 17.2 Å². The minimum atomic E-state index is 0.0363. The maximum atomic E-state index is 9.29. The summed E-state index contributed by atoms with van der Waals surface area (Å²) in [5.74, 6) is 1.06. The van der Waals surface area contributed by atoms with Crippen molar-refractivity contribution in [3.05, 3.63) is 17.7 Å². The van der Waals surface area contributed by atoms with Crippen LogP contribution in [0.15, 0.2) is 12.1 Å². The number of hydrogen-bond acceptors (Lipinski definition) is 4. The molecule has 0 saturated heterocycles.